The molecule has 0 aliphatic carbocycles. The van der Waals surface area contributed by atoms with Crippen LogP contribution in [0, 0.1) is 12.7 Å². The number of rotatable bonds is 4. The van der Waals surface area contributed by atoms with E-state index in [1.807, 2.05) is 0 Å². The van der Waals surface area contributed by atoms with Crippen molar-refractivity contribution in [1.29, 1.82) is 0 Å². The van der Waals surface area contributed by atoms with Crippen molar-refractivity contribution in [3.8, 4) is 0 Å². The Morgan fingerprint density at radius 1 is 1.62 bits per heavy atom. The molecule has 3 nitrogen and oxygen atoms in total. The third-order valence-electron chi connectivity index (χ3n) is 2.36. The number of aliphatic carboxylic acids is 1. The van der Waals surface area contributed by atoms with Crippen molar-refractivity contribution in [1.82, 2.24) is 0 Å². The topological polar surface area (TPSA) is 63.3 Å². The van der Waals surface area contributed by atoms with Crippen molar-refractivity contribution >= 4 is 17.6 Å². The van der Waals surface area contributed by atoms with Gasteiger partial charge < -0.3 is 10.8 Å². The molecule has 0 bridgehead atoms. The van der Waals surface area contributed by atoms with Gasteiger partial charge >= 0.3 is 5.97 Å². The van der Waals surface area contributed by atoms with Gasteiger partial charge in [0.2, 0.25) is 0 Å². The molecule has 5 heteroatoms. The zero-order chi connectivity index (χ0) is 12.3. The molecule has 3 N–H and O–H groups in total. The van der Waals surface area contributed by atoms with Crippen LogP contribution in [0.2, 0.25) is 5.02 Å². The average molecular weight is 246 g/mol. The van der Waals surface area contributed by atoms with Gasteiger partial charge in [-0.3, -0.25) is 4.79 Å². The van der Waals surface area contributed by atoms with E-state index in [9.17, 15) is 9.18 Å². The van der Waals surface area contributed by atoms with E-state index in [0.717, 1.165) is 5.56 Å². The Bertz CT molecular complexity index is 409. The van der Waals surface area contributed by atoms with Crippen LogP contribution in [0.25, 0.3) is 0 Å². The van der Waals surface area contributed by atoms with Gasteiger partial charge in [-0.25, -0.2) is 4.39 Å². The predicted molar refractivity (Wildman–Crippen MR) is 59.9 cm³/mol. The van der Waals surface area contributed by atoms with Crippen molar-refractivity contribution < 1.29 is 14.3 Å². The highest BCUT2D eigenvalue weighted by Crippen LogP contribution is 2.29. The van der Waals surface area contributed by atoms with E-state index in [-0.39, 0.29) is 23.4 Å². The van der Waals surface area contributed by atoms with Crippen LogP contribution in [0.5, 0.6) is 0 Å². The fourth-order valence-electron chi connectivity index (χ4n) is 1.44. The van der Waals surface area contributed by atoms with Crippen LogP contribution in [0.4, 0.5) is 4.39 Å². The van der Waals surface area contributed by atoms with Gasteiger partial charge in [-0.15, -0.1) is 0 Å². The molecule has 0 amide bonds. The summed E-state index contributed by atoms with van der Waals surface area (Å²) in [5.41, 5.74) is 6.65. The molecule has 0 heterocycles. The number of carboxylic acids is 1. The summed E-state index contributed by atoms with van der Waals surface area (Å²) in [6, 6.07) is 2.16. The van der Waals surface area contributed by atoms with Gasteiger partial charge in [0, 0.05) is 18.0 Å². The van der Waals surface area contributed by atoms with E-state index >= 15 is 0 Å². The first-order valence-electron chi connectivity index (χ1n) is 4.85. The number of hydrogen-bond acceptors (Lipinski definition) is 2. The fourth-order valence-corrected chi connectivity index (χ4v) is 1.73. The monoisotopic (exact) mass is 245 g/mol. The first-order valence-corrected chi connectivity index (χ1v) is 5.23. The molecule has 1 aromatic carbocycles. The summed E-state index contributed by atoms with van der Waals surface area (Å²) in [7, 11) is 0. The third kappa shape index (κ3) is 2.93. The third-order valence-corrected chi connectivity index (χ3v) is 2.86. The standard InChI is InChI=1S/C11H13ClFNO2/c1-6-2-3-7(13)10(11(6)12)8(14)4-5-9(15)16/h2-3,8H,4-5,14H2,1H3,(H,15,16). The Hall–Kier alpha value is -1.13. The highest BCUT2D eigenvalue weighted by atomic mass is 35.5. The second kappa shape index (κ2) is 5.27. The van der Waals surface area contributed by atoms with Crippen molar-refractivity contribution in [2.45, 2.75) is 25.8 Å². The van der Waals surface area contributed by atoms with Gasteiger partial charge in [0.15, 0.2) is 0 Å². The van der Waals surface area contributed by atoms with E-state index in [0.29, 0.717) is 0 Å². The van der Waals surface area contributed by atoms with E-state index < -0.39 is 17.8 Å². The summed E-state index contributed by atoms with van der Waals surface area (Å²) in [6.07, 6.45) is 0.0559. The lowest BCUT2D eigenvalue weighted by molar-refractivity contribution is -0.137. The lowest BCUT2D eigenvalue weighted by Crippen LogP contribution is -2.15. The van der Waals surface area contributed by atoms with Crippen LogP contribution in [-0.2, 0) is 4.79 Å². The van der Waals surface area contributed by atoms with Gasteiger partial charge in [0.1, 0.15) is 5.82 Å². The molecular formula is C11H13ClFNO2. The number of aryl methyl sites for hydroxylation is 1. The van der Waals surface area contributed by atoms with Crippen LogP contribution in [0.3, 0.4) is 0 Å². The highest BCUT2D eigenvalue weighted by molar-refractivity contribution is 6.32. The fraction of sp³-hybridized carbons (Fsp3) is 0.364. The maximum absolute atomic E-state index is 13.5. The molecule has 1 rings (SSSR count). The maximum Gasteiger partial charge on any atom is 0.303 e. The Morgan fingerprint density at radius 3 is 2.81 bits per heavy atom. The Labute approximate surface area is 98.0 Å². The highest BCUT2D eigenvalue weighted by Gasteiger charge is 2.17. The molecule has 1 aromatic rings. The van der Waals surface area contributed by atoms with E-state index in [1.165, 1.54) is 6.07 Å². The van der Waals surface area contributed by atoms with Crippen LogP contribution in [0.15, 0.2) is 12.1 Å². The minimum atomic E-state index is -0.959. The largest absolute Gasteiger partial charge is 0.481 e. The molecule has 0 aliphatic heterocycles. The van der Waals surface area contributed by atoms with Crippen LogP contribution in [0.1, 0.15) is 30.0 Å². The maximum atomic E-state index is 13.5. The Morgan fingerprint density at radius 2 is 2.25 bits per heavy atom. The minimum Gasteiger partial charge on any atom is -0.481 e. The van der Waals surface area contributed by atoms with Gasteiger partial charge in [0.05, 0.1) is 5.02 Å². The van der Waals surface area contributed by atoms with Crippen molar-refractivity contribution in [3.63, 3.8) is 0 Å². The molecule has 0 saturated carbocycles. The van der Waals surface area contributed by atoms with Crippen LogP contribution < -0.4 is 5.73 Å². The SMILES string of the molecule is Cc1ccc(F)c(C(N)CCC(=O)O)c1Cl. The number of carbonyl (C=O) groups is 1. The zero-order valence-electron chi connectivity index (χ0n) is 8.84. The number of halogens is 2. The second-order valence-corrected chi connectivity index (χ2v) is 4.01. The molecule has 1 atom stereocenters. The molecule has 0 aromatic heterocycles. The molecule has 88 valence electrons. The van der Waals surface area contributed by atoms with Crippen LogP contribution in [-0.4, -0.2) is 11.1 Å². The molecule has 0 saturated heterocycles. The number of nitrogens with two attached hydrogens (primary N) is 1. The molecule has 0 radical (unpaired) electrons. The number of benzene rings is 1. The number of hydrogen-bond donors (Lipinski definition) is 2. The summed E-state index contributed by atoms with van der Waals surface area (Å²) in [5.74, 6) is -1.45. The summed E-state index contributed by atoms with van der Waals surface area (Å²) in [6.45, 7) is 1.75. The second-order valence-electron chi connectivity index (χ2n) is 3.63. The van der Waals surface area contributed by atoms with Crippen molar-refractivity contribution in [2.24, 2.45) is 5.73 Å². The molecular weight excluding hydrogens is 233 g/mol. The lowest BCUT2D eigenvalue weighted by atomic mass is 10.00. The molecule has 16 heavy (non-hydrogen) atoms. The Kier molecular flexibility index (Phi) is 4.26. The lowest BCUT2D eigenvalue weighted by Gasteiger charge is -2.15. The van der Waals surface area contributed by atoms with E-state index in [4.69, 9.17) is 22.4 Å². The van der Waals surface area contributed by atoms with E-state index in [2.05, 4.69) is 0 Å². The van der Waals surface area contributed by atoms with Crippen molar-refractivity contribution in [3.05, 3.63) is 34.1 Å². The van der Waals surface area contributed by atoms with Crippen LogP contribution >= 0.6 is 11.6 Å². The quantitative estimate of drug-likeness (QED) is 0.857. The first kappa shape index (κ1) is 12.9. The van der Waals surface area contributed by atoms with Gasteiger partial charge in [-0.2, -0.15) is 0 Å². The first-order chi connectivity index (χ1) is 7.43. The zero-order valence-corrected chi connectivity index (χ0v) is 9.59. The predicted octanol–water partition coefficient (Wildman–Crippen LogP) is 2.65. The molecule has 0 spiro atoms. The summed E-state index contributed by atoms with van der Waals surface area (Å²) in [5, 5.41) is 8.80. The summed E-state index contributed by atoms with van der Waals surface area (Å²) < 4.78 is 13.5. The molecule has 0 fully saturated rings. The Balaban J connectivity index is 2.94. The van der Waals surface area contributed by atoms with Gasteiger partial charge in [0.25, 0.3) is 0 Å². The summed E-state index contributed by atoms with van der Waals surface area (Å²) >= 11 is 5.94. The molecule has 1 unspecified atom stereocenters. The summed E-state index contributed by atoms with van der Waals surface area (Å²) in [4.78, 5) is 10.4. The number of carboxylic acid groups (broad SMARTS) is 1. The minimum absolute atomic E-state index is 0.106. The van der Waals surface area contributed by atoms with Gasteiger partial charge in [-0.1, -0.05) is 17.7 Å². The smallest absolute Gasteiger partial charge is 0.303 e. The van der Waals surface area contributed by atoms with Gasteiger partial charge in [-0.05, 0) is 25.0 Å². The van der Waals surface area contributed by atoms with E-state index in [1.54, 1.807) is 13.0 Å². The average Bonchev–Trinajstić information content (AvgIpc) is 2.21. The van der Waals surface area contributed by atoms with Crippen molar-refractivity contribution in [2.75, 3.05) is 0 Å². The normalized spacial score (nSPS) is 12.5. The molecule has 0 aliphatic rings.